The predicted octanol–water partition coefficient (Wildman–Crippen LogP) is 1.99. The second kappa shape index (κ2) is 8.67. The van der Waals surface area contributed by atoms with Crippen molar-refractivity contribution in [3.8, 4) is 0 Å². The van der Waals surface area contributed by atoms with Crippen LogP contribution in [0.3, 0.4) is 0 Å². The van der Waals surface area contributed by atoms with E-state index in [2.05, 4.69) is 5.32 Å². The Morgan fingerprint density at radius 2 is 1.89 bits per heavy atom. The molecule has 0 radical (unpaired) electrons. The van der Waals surface area contributed by atoms with Crippen LogP contribution in [0.4, 0.5) is 0 Å². The molecule has 0 spiro atoms. The van der Waals surface area contributed by atoms with Crippen LogP contribution in [0.25, 0.3) is 0 Å². The number of methoxy groups -OCH3 is 1. The van der Waals surface area contributed by atoms with Gasteiger partial charge in [-0.3, -0.25) is 4.79 Å². The van der Waals surface area contributed by atoms with Gasteiger partial charge in [-0.25, -0.2) is 0 Å². The Morgan fingerprint density at radius 1 is 1.21 bits per heavy atom. The van der Waals surface area contributed by atoms with Crippen molar-refractivity contribution in [3.63, 3.8) is 0 Å². The van der Waals surface area contributed by atoms with E-state index in [0.29, 0.717) is 13.2 Å². The molecule has 1 N–H and O–H groups in total. The maximum absolute atomic E-state index is 11.8. The summed E-state index contributed by atoms with van der Waals surface area (Å²) in [6.07, 6.45) is 0.146. The van der Waals surface area contributed by atoms with Crippen LogP contribution in [0, 0.1) is 5.92 Å². The van der Waals surface area contributed by atoms with Crippen LogP contribution >= 0.6 is 0 Å². The molecule has 0 amide bonds. The smallest absolute Gasteiger partial charge is 0.310 e. The molecule has 4 heteroatoms. The highest BCUT2D eigenvalue weighted by Crippen LogP contribution is 2.04. The third kappa shape index (κ3) is 6.36. The molecule has 0 aliphatic rings. The fourth-order valence-corrected chi connectivity index (χ4v) is 1.54. The van der Waals surface area contributed by atoms with E-state index in [1.807, 2.05) is 44.2 Å². The molecule has 2 atom stereocenters. The first kappa shape index (κ1) is 15.7. The first-order valence-electron chi connectivity index (χ1n) is 6.57. The summed E-state index contributed by atoms with van der Waals surface area (Å²) in [5.41, 5.74) is 1.00. The fraction of sp³-hybridized carbons (Fsp3) is 0.533. The third-order valence-electron chi connectivity index (χ3n) is 2.91. The van der Waals surface area contributed by atoms with Crippen molar-refractivity contribution in [1.29, 1.82) is 0 Å². The van der Waals surface area contributed by atoms with Crippen molar-refractivity contribution < 1.29 is 14.3 Å². The summed E-state index contributed by atoms with van der Waals surface area (Å²) >= 11 is 0. The van der Waals surface area contributed by atoms with Gasteiger partial charge in [0, 0.05) is 20.2 Å². The number of hydrogen-bond acceptors (Lipinski definition) is 4. The number of ether oxygens (including phenoxy) is 2. The Hall–Kier alpha value is -1.39. The van der Waals surface area contributed by atoms with Gasteiger partial charge < -0.3 is 14.8 Å². The van der Waals surface area contributed by atoms with Gasteiger partial charge in [-0.2, -0.15) is 0 Å². The van der Waals surface area contributed by atoms with Crippen LogP contribution in [0.2, 0.25) is 0 Å². The first-order chi connectivity index (χ1) is 9.13. The summed E-state index contributed by atoms with van der Waals surface area (Å²) in [4.78, 5) is 11.8. The van der Waals surface area contributed by atoms with E-state index >= 15 is 0 Å². The molecule has 4 nitrogen and oxygen atoms in total. The molecule has 0 aliphatic heterocycles. The number of esters is 1. The highest BCUT2D eigenvalue weighted by Gasteiger charge is 2.14. The van der Waals surface area contributed by atoms with E-state index in [-0.39, 0.29) is 18.0 Å². The summed E-state index contributed by atoms with van der Waals surface area (Å²) in [5, 5.41) is 3.19. The molecule has 0 saturated heterocycles. The molecule has 19 heavy (non-hydrogen) atoms. The molecule has 0 aliphatic carbocycles. The highest BCUT2D eigenvalue weighted by molar-refractivity contribution is 5.72. The van der Waals surface area contributed by atoms with Crippen LogP contribution in [0.15, 0.2) is 30.3 Å². The van der Waals surface area contributed by atoms with Gasteiger partial charge in [0.15, 0.2) is 0 Å². The summed E-state index contributed by atoms with van der Waals surface area (Å²) in [6, 6.07) is 9.68. The molecular weight excluding hydrogens is 242 g/mol. The minimum atomic E-state index is -0.179. The van der Waals surface area contributed by atoms with Crippen molar-refractivity contribution in [1.82, 2.24) is 5.32 Å². The molecule has 106 valence electrons. The predicted molar refractivity (Wildman–Crippen MR) is 74.7 cm³/mol. The van der Waals surface area contributed by atoms with Crippen molar-refractivity contribution in [3.05, 3.63) is 35.9 Å². The molecule has 0 heterocycles. The zero-order valence-electron chi connectivity index (χ0n) is 11.9. The van der Waals surface area contributed by atoms with Gasteiger partial charge in [-0.15, -0.1) is 0 Å². The summed E-state index contributed by atoms with van der Waals surface area (Å²) < 4.78 is 10.4. The lowest BCUT2D eigenvalue weighted by molar-refractivity contribution is -0.149. The van der Waals surface area contributed by atoms with Crippen LogP contribution < -0.4 is 5.32 Å². The minimum Gasteiger partial charge on any atom is -0.461 e. The zero-order valence-corrected chi connectivity index (χ0v) is 11.9. The monoisotopic (exact) mass is 265 g/mol. The van der Waals surface area contributed by atoms with Crippen LogP contribution in [-0.4, -0.2) is 32.3 Å². The third-order valence-corrected chi connectivity index (χ3v) is 2.91. The molecule has 1 aromatic carbocycles. The Kier molecular flexibility index (Phi) is 7.15. The molecule has 0 aromatic heterocycles. The number of carbonyl (C=O) groups is 1. The number of benzene rings is 1. The zero-order chi connectivity index (χ0) is 14.1. The number of rotatable bonds is 8. The Labute approximate surface area is 115 Å². The van der Waals surface area contributed by atoms with Gasteiger partial charge >= 0.3 is 5.97 Å². The molecule has 1 rings (SSSR count). The van der Waals surface area contributed by atoms with Gasteiger partial charge in [0.05, 0.1) is 12.0 Å². The maximum atomic E-state index is 11.8. The summed E-state index contributed by atoms with van der Waals surface area (Å²) in [5.74, 6) is -0.339. The average molecular weight is 265 g/mol. The van der Waals surface area contributed by atoms with Crippen molar-refractivity contribution in [2.75, 3.05) is 20.2 Å². The van der Waals surface area contributed by atoms with E-state index in [4.69, 9.17) is 9.47 Å². The molecular formula is C15H23NO3. The average Bonchev–Trinajstić information content (AvgIpc) is 2.45. The van der Waals surface area contributed by atoms with Crippen LogP contribution in [0.1, 0.15) is 19.4 Å². The maximum Gasteiger partial charge on any atom is 0.310 e. The van der Waals surface area contributed by atoms with Crippen LogP contribution in [-0.2, 0) is 20.9 Å². The van der Waals surface area contributed by atoms with E-state index in [9.17, 15) is 4.79 Å². The summed E-state index contributed by atoms with van der Waals surface area (Å²) in [7, 11) is 1.67. The van der Waals surface area contributed by atoms with Gasteiger partial charge in [-0.1, -0.05) is 37.3 Å². The topological polar surface area (TPSA) is 47.6 Å². The van der Waals surface area contributed by atoms with Crippen LogP contribution in [0.5, 0.6) is 0 Å². The van der Waals surface area contributed by atoms with Crippen molar-refractivity contribution >= 4 is 5.97 Å². The number of carbonyl (C=O) groups excluding carboxylic acids is 1. The Bertz CT molecular complexity index is 367. The van der Waals surface area contributed by atoms with Gasteiger partial charge in [0.1, 0.15) is 6.61 Å². The lowest BCUT2D eigenvalue weighted by atomic mass is 10.2. The van der Waals surface area contributed by atoms with Gasteiger partial charge in [-0.05, 0) is 12.5 Å². The quantitative estimate of drug-likeness (QED) is 0.730. The molecule has 0 bridgehead atoms. The van der Waals surface area contributed by atoms with Crippen molar-refractivity contribution in [2.45, 2.75) is 26.6 Å². The second-order valence-electron chi connectivity index (χ2n) is 4.70. The minimum absolute atomic E-state index is 0.146. The van der Waals surface area contributed by atoms with Crippen molar-refractivity contribution in [2.24, 2.45) is 5.92 Å². The molecule has 2 unspecified atom stereocenters. The van der Waals surface area contributed by atoms with E-state index < -0.39 is 0 Å². The second-order valence-corrected chi connectivity index (χ2v) is 4.70. The SMILES string of the molecule is COC(C)CNCC(C)C(=O)OCc1ccccc1. The number of hydrogen-bond donors (Lipinski definition) is 1. The van der Waals surface area contributed by atoms with E-state index in [1.54, 1.807) is 7.11 Å². The van der Waals surface area contributed by atoms with Gasteiger partial charge in [0.25, 0.3) is 0 Å². The Morgan fingerprint density at radius 3 is 2.53 bits per heavy atom. The molecule has 1 aromatic rings. The Balaban J connectivity index is 2.21. The largest absolute Gasteiger partial charge is 0.461 e. The lowest BCUT2D eigenvalue weighted by Crippen LogP contribution is -2.33. The van der Waals surface area contributed by atoms with Gasteiger partial charge in [0.2, 0.25) is 0 Å². The number of nitrogens with one attached hydrogen (secondary N) is 1. The fourth-order valence-electron chi connectivity index (χ4n) is 1.54. The van der Waals surface area contributed by atoms with E-state index in [1.165, 1.54) is 0 Å². The first-order valence-corrected chi connectivity index (χ1v) is 6.57. The molecule has 0 saturated carbocycles. The van der Waals surface area contributed by atoms with E-state index in [0.717, 1.165) is 12.1 Å². The summed E-state index contributed by atoms with van der Waals surface area (Å²) in [6.45, 7) is 5.50. The normalized spacial score (nSPS) is 13.8. The highest BCUT2D eigenvalue weighted by atomic mass is 16.5. The standard InChI is InChI=1S/C15H23NO3/c1-12(9-16-10-13(2)18-3)15(17)19-11-14-7-5-4-6-8-14/h4-8,12-13,16H,9-11H2,1-3H3. The molecule has 0 fully saturated rings. The lowest BCUT2D eigenvalue weighted by Gasteiger charge is -2.14.